The van der Waals surface area contributed by atoms with Gasteiger partial charge in [-0.05, 0) is 122 Å². The zero-order valence-corrected chi connectivity index (χ0v) is 45.2. The van der Waals surface area contributed by atoms with Crippen molar-refractivity contribution in [1.82, 2.24) is 0 Å². The fourth-order valence-electron chi connectivity index (χ4n) is 7.44. The molecule has 1 unspecified atom stereocenters. The first kappa shape index (κ1) is 65.8. The van der Waals surface area contributed by atoms with Gasteiger partial charge in [0.25, 0.3) is 0 Å². The third kappa shape index (κ3) is 54.7. The summed E-state index contributed by atoms with van der Waals surface area (Å²) in [5, 5.41) is 0. The molecule has 1 atom stereocenters. The molecule has 0 heterocycles. The van der Waals surface area contributed by atoms with E-state index in [1.54, 1.807) is 0 Å². The Morgan fingerprint density at radius 2 is 0.557 bits per heavy atom. The van der Waals surface area contributed by atoms with Crippen LogP contribution in [0.2, 0.25) is 0 Å². The molecule has 0 aromatic heterocycles. The fraction of sp³-hybridized carbons (Fsp3) is 0.641. The van der Waals surface area contributed by atoms with E-state index < -0.39 is 6.10 Å². The smallest absolute Gasteiger partial charge is 0.306 e. The zero-order chi connectivity index (χ0) is 50.7. The molecule has 0 saturated heterocycles. The second-order valence-electron chi connectivity index (χ2n) is 18.4. The number of carbonyl (C=O) groups excluding carboxylic acids is 3. The molecule has 6 nitrogen and oxygen atoms in total. The Hall–Kier alpha value is -4.19. The van der Waals surface area contributed by atoms with Crippen LogP contribution < -0.4 is 0 Å². The average Bonchev–Trinajstić information content (AvgIpc) is 3.36. The zero-order valence-electron chi connectivity index (χ0n) is 45.2. The Morgan fingerprint density at radius 3 is 0.886 bits per heavy atom. The van der Waals surface area contributed by atoms with Crippen molar-refractivity contribution in [3.05, 3.63) is 122 Å². The summed E-state index contributed by atoms with van der Waals surface area (Å²) in [6, 6.07) is 0. The highest BCUT2D eigenvalue weighted by Crippen LogP contribution is 2.14. The second kappa shape index (κ2) is 57.4. The lowest BCUT2D eigenvalue weighted by Gasteiger charge is -2.18. The third-order valence-corrected chi connectivity index (χ3v) is 11.7. The number of ether oxygens (including phenoxy) is 3. The molecule has 0 saturated carbocycles. The molecular weight excluding hydrogens is 865 g/mol. The van der Waals surface area contributed by atoms with E-state index in [1.165, 1.54) is 57.8 Å². The van der Waals surface area contributed by atoms with Crippen LogP contribution >= 0.6 is 0 Å². The SMILES string of the molecule is CC/C=C\C/C=C\C/C=C\C/C=C\C/C=C\CCCCCCCCCCCC(=O)OCC(COC(=O)CCCCC/C=C\C/C=C\C/C=C\CC)OC(=O)CCCCCCC/C=C\C/C=C\CCCC. The molecule has 0 amide bonds. The molecule has 0 N–H and O–H groups in total. The molecular formula is C64H104O6. The first-order valence-electron chi connectivity index (χ1n) is 28.5. The number of hydrogen-bond donors (Lipinski definition) is 0. The van der Waals surface area contributed by atoms with E-state index in [-0.39, 0.29) is 31.1 Å². The first-order chi connectivity index (χ1) is 34.5. The number of esters is 3. The summed E-state index contributed by atoms with van der Waals surface area (Å²) in [6.45, 7) is 6.32. The summed E-state index contributed by atoms with van der Waals surface area (Å²) in [7, 11) is 0. The Morgan fingerprint density at radius 1 is 0.300 bits per heavy atom. The lowest BCUT2D eigenvalue weighted by Crippen LogP contribution is -2.30. The van der Waals surface area contributed by atoms with Crippen LogP contribution in [0.15, 0.2) is 122 Å². The fourth-order valence-corrected chi connectivity index (χ4v) is 7.44. The van der Waals surface area contributed by atoms with Gasteiger partial charge in [-0.1, -0.05) is 226 Å². The summed E-state index contributed by atoms with van der Waals surface area (Å²) < 4.78 is 16.8. The minimum Gasteiger partial charge on any atom is -0.462 e. The maximum Gasteiger partial charge on any atom is 0.306 e. The van der Waals surface area contributed by atoms with Crippen LogP contribution in [-0.4, -0.2) is 37.2 Å². The number of unbranched alkanes of at least 4 members (excludes halogenated alkanes) is 19. The van der Waals surface area contributed by atoms with Crippen molar-refractivity contribution < 1.29 is 28.6 Å². The van der Waals surface area contributed by atoms with Crippen molar-refractivity contribution in [3.63, 3.8) is 0 Å². The van der Waals surface area contributed by atoms with Gasteiger partial charge in [0.05, 0.1) is 0 Å². The highest BCUT2D eigenvalue weighted by atomic mass is 16.6. The summed E-state index contributed by atoms with van der Waals surface area (Å²) in [4.78, 5) is 38.1. The van der Waals surface area contributed by atoms with Crippen LogP contribution in [0.5, 0.6) is 0 Å². The van der Waals surface area contributed by atoms with Gasteiger partial charge in [0.15, 0.2) is 6.10 Å². The summed E-state index contributed by atoms with van der Waals surface area (Å²) >= 11 is 0. The number of hydrogen-bond acceptors (Lipinski definition) is 6. The summed E-state index contributed by atoms with van der Waals surface area (Å²) in [5.74, 6) is -0.952. The van der Waals surface area contributed by atoms with Gasteiger partial charge in [-0.3, -0.25) is 14.4 Å². The molecule has 0 aliphatic heterocycles. The second-order valence-corrected chi connectivity index (χ2v) is 18.4. The van der Waals surface area contributed by atoms with E-state index in [9.17, 15) is 14.4 Å². The Balaban J connectivity index is 4.37. The molecule has 396 valence electrons. The standard InChI is InChI=1S/C64H104O6/c1-4-7-10-13-16-19-22-25-27-28-29-30-31-32-33-34-35-36-37-40-42-45-48-51-54-57-63(66)69-60-61(59-68-62(65)56-53-50-47-44-41-38-24-21-18-15-12-9-6-3)70-64(67)58-55-52-49-46-43-39-26-23-20-17-14-11-8-5-2/h7,9-10,12,14,16-19,21,23,25-27,29-30,32-33,38,41,61H,4-6,8,11,13,15,20,22,24,28,31,34-37,39-40,42-60H2,1-3H3/b10-7-,12-9-,17-14-,19-16-,21-18-,26-23-,27-25-,30-29-,33-32-,41-38-. The molecule has 0 radical (unpaired) electrons. The maximum absolute atomic E-state index is 12.8. The minimum atomic E-state index is -0.803. The Kier molecular flexibility index (Phi) is 54.0. The average molecular weight is 970 g/mol. The highest BCUT2D eigenvalue weighted by Gasteiger charge is 2.19. The normalized spacial score (nSPS) is 13.0. The van der Waals surface area contributed by atoms with Crippen molar-refractivity contribution in [3.8, 4) is 0 Å². The van der Waals surface area contributed by atoms with Crippen LogP contribution in [0, 0.1) is 0 Å². The Bertz CT molecular complexity index is 1490. The van der Waals surface area contributed by atoms with Crippen LogP contribution in [0.1, 0.15) is 245 Å². The van der Waals surface area contributed by atoms with E-state index in [0.29, 0.717) is 19.3 Å². The molecule has 0 spiro atoms. The van der Waals surface area contributed by atoms with Crippen molar-refractivity contribution in [1.29, 1.82) is 0 Å². The molecule has 70 heavy (non-hydrogen) atoms. The lowest BCUT2D eigenvalue weighted by molar-refractivity contribution is -0.167. The van der Waals surface area contributed by atoms with E-state index in [2.05, 4.69) is 142 Å². The van der Waals surface area contributed by atoms with Crippen LogP contribution in [-0.2, 0) is 28.6 Å². The van der Waals surface area contributed by atoms with E-state index in [4.69, 9.17) is 14.2 Å². The number of carbonyl (C=O) groups is 3. The molecule has 0 rings (SSSR count). The van der Waals surface area contributed by atoms with Gasteiger partial charge in [-0.2, -0.15) is 0 Å². The largest absolute Gasteiger partial charge is 0.462 e. The molecule has 0 bridgehead atoms. The quantitative estimate of drug-likeness (QED) is 0.0262. The van der Waals surface area contributed by atoms with Gasteiger partial charge >= 0.3 is 17.9 Å². The predicted molar refractivity (Wildman–Crippen MR) is 302 cm³/mol. The van der Waals surface area contributed by atoms with Crippen molar-refractivity contribution >= 4 is 17.9 Å². The first-order valence-corrected chi connectivity index (χ1v) is 28.5. The lowest BCUT2D eigenvalue weighted by atomic mass is 10.1. The molecule has 0 aliphatic carbocycles. The van der Waals surface area contributed by atoms with Gasteiger partial charge < -0.3 is 14.2 Å². The van der Waals surface area contributed by atoms with Crippen molar-refractivity contribution in [2.75, 3.05) is 13.2 Å². The topological polar surface area (TPSA) is 78.9 Å². The third-order valence-electron chi connectivity index (χ3n) is 11.7. The van der Waals surface area contributed by atoms with Crippen molar-refractivity contribution in [2.24, 2.45) is 0 Å². The molecule has 0 aromatic carbocycles. The monoisotopic (exact) mass is 969 g/mol. The van der Waals surface area contributed by atoms with Crippen molar-refractivity contribution in [2.45, 2.75) is 252 Å². The van der Waals surface area contributed by atoms with Gasteiger partial charge in [0, 0.05) is 19.3 Å². The molecule has 0 aromatic rings. The van der Waals surface area contributed by atoms with E-state index in [0.717, 1.165) is 148 Å². The van der Waals surface area contributed by atoms with E-state index >= 15 is 0 Å². The van der Waals surface area contributed by atoms with Crippen LogP contribution in [0.25, 0.3) is 0 Å². The summed E-state index contributed by atoms with van der Waals surface area (Å²) in [5.41, 5.74) is 0. The Labute approximate surface area is 431 Å². The predicted octanol–water partition coefficient (Wildman–Crippen LogP) is 19.3. The van der Waals surface area contributed by atoms with E-state index in [1.807, 2.05) is 0 Å². The summed E-state index contributed by atoms with van der Waals surface area (Å²) in [6.07, 6.45) is 79.1. The molecule has 6 heteroatoms. The number of rotatable bonds is 50. The molecule has 0 aliphatic rings. The van der Waals surface area contributed by atoms with Gasteiger partial charge in [0.2, 0.25) is 0 Å². The van der Waals surface area contributed by atoms with Crippen LogP contribution in [0.3, 0.4) is 0 Å². The van der Waals surface area contributed by atoms with Gasteiger partial charge in [0.1, 0.15) is 13.2 Å². The number of allylic oxidation sites excluding steroid dienone is 20. The highest BCUT2D eigenvalue weighted by molar-refractivity contribution is 5.71. The van der Waals surface area contributed by atoms with Crippen LogP contribution in [0.4, 0.5) is 0 Å². The molecule has 0 fully saturated rings. The van der Waals surface area contributed by atoms with Gasteiger partial charge in [-0.25, -0.2) is 0 Å². The maximum atomic E-state index is 12.8. The van der Waals surface area contributed by atoms with Gasteiger partial charge in [-0.15, -0.1) is 0 Å². The minimum absolute atomic E-state index is 0.0993.